The summed E-state index contributed by atoms with van der Waals surface area (Å²) in [6.07, 6.45) is 0. The molecule has 0 saturated carbocycles. The predicted molar refractivity (Wildman–Crippen MR) is 201 cm³/mol. The minimum atomic E-state index is -1.47. The number of aromatic carboxylic acids is 1. The van der Waals surface area contributed by atoms with Crippen molar-refractivity contribution >= 4 is 28.8 Å². The van der Waals surface area contributed by atoms with Crippen molar-refractivity contribution in [1.29, 1.82) is 0 Å². The van der Waals surface area contributed by atoms with Crippen molar-refractivity contribution in [1.82, 2.24) is 4.98 Å². The fraction of sp³-hybridized carbons (Fsp3) is 0.381. The Hall–Kier alpha value is -4.27. The third-order valence-corrected chi connectivity index (χ3v) is 8.43. The van der Waals surface area contributed by atoms with Gasteiger partial charge in [0.1, 0.15) is 0 Å². The number of carbonyl (C=O) groups excluding carboxylic acids is 1. The summed E-state index contributed by atoms with van der Waals surface area (Å²) in [5, 5.41) is 30.3. The number of aromatic hydroxyl groups is 2. The van der Waals surface area contributed by atoms with Crippen LogP contribution < -0.4 is 5.11 Å². The average Bonchev–Trinajstić information content (AvgIpc) is 3.03. The normalized spacial score (nSPS) is 11.9. The molecule has 2 N–H and O–H groups in total. The van der Waals surface area contributed by atoms with Crippen LogP contribution >= 0.6 is 0 Å². The van der Waals surface area contributed by atoms with Gasteiger partial charge in [-0.05, 0) is 104 Å². The number of aliphatic imine (C=N–C) groups is 2. The molecule has 0 unspecified atom stereocenters. The van der Waals surface area contributed by atoms with Crippen LogP contribution in [0.25, 0.3) is 0 Å². The van der Waals surface area contributed by atoms with Crippen molar-refractivity contribution in [3.05, 3.63) is 111 Å². The van der Waals surface area contributed by atoms with Crippen molar-refractivity contribution in [2.75, 3.05) is 0 Å². The van der Waals surface area contributed by atoms with Gasteiger partial charge in [-0.25, -0.2) is 4.98 Å². The second-order valence-corrected chi connectivity index (χ2v) is 14.0. The minimum Gasteiger partial charge on any atom is -0.545 e. The number of pyridine rings is 1. The Bertz CT molecular complexity index is 1780. The van der Waals surface area contributed by atoms with E-state index in [0.717, 1.165) is 39.7 Å². The maximum atomic E-state index is 11.1. The third-order valence-electron chi connectivity index (χ3n) is 8.43. The van der Waals surface area contributed by atoms with E-state index in [1.807, 2.05) is 59.7 Å². The number of hydrogen-bond donors (Lipinski definition) is 2. The SMILES string of the molecule is CC(=Nc1ccc(C)cc1C(C)C)c1cccc(C(C)=Nc2ccc(C)cc2C(C)C)n1.CC(C)c1cc(O)c(O)c(C(=O)[O-])c1C(C)C.[Co+]. The van der Waals surface area contributed by atoms with E-state index in [1.165, 1.54) is 28.3 Å². The molecule has 1 aromatic heterocycles. The standard InChI is InChI=1S/C29H35N3.C13H18O4.Co/c1-18(2)24-16-20(5)12-14-28(24)30-22(7)26-10-9-11-27(32-26)23(8)31-29-15-13-21(6)17-25(29)19(3)4;1-6(2)8-5-9(14)12(15)11(13(16)17)10(8)7(3)4;/h9-19H,1-8H3;5-7,14-15H,1-4H3,(H,16,17);/q;;+1/p-1. The van der Waals surface area contributed by atoms with Crippen LogP contribution in [-0.4, -0.2) is 32.6 Å². The molecule has 0 atom stereocenters. The second kappa shape index (κ2) is 18.1. The molecule has 0 aliphatic carbocycles. The minimum absolute atomic E-state index is 0. The molecule has 268 valence electrons. The molecule has 3 aromatic carbocycles. The fourth-order valence-corrected chi connectivity index (χ4v) is 5.79. The van der Waals surface area contributed by atoms with Gasteiger partial charge in [0.15, 0.2) is 11.5 Å². The number of nitrogens with zero attached hydrogens (tertiary/aromatic N) is 3. The van der Waals surface area contributed by atoms with Crippen LogP contribution in [0.15, 0.2) is 70.6 Å². The van der Waals surface area contributed by atoms with Gasteiger partial charge < -0.3 is 20.1 Å². The average molecular weight is 722 g/mol. The van der Waals surface area contributed by atoms with Crippen molar-refractivity contribution in [2.45, 2.75) is 107 Å². The van der Waals surface area contributed by atoms with Crippen LogP contribution in [0.3, 0.4) is 0 Å². The summed E-state index contributed by atoms with van der Waals surface area (Å²) in [6.45, 7) is 24.6. The summed E-state index contributed by atoms with van der Waals surface area (Å²) in [5.41, 5.74) is 11.6. The number of carboxylic acids is 1. The summed E-state index contributed by atoms with van der Waals surface area (Å²) >= 11 is 0. The number of rotatable bonds is 9. The zero-order valence-corrected chi connectivity index (χ0v) is 32.5. The second-order valence-electron chi connectivity index (χ2n) is 14.0. The summed E-state index contributed by atoms with van der Waals surface area (Å²) < 4.78 is 0. The molecule has 0 bridgehead atoms. The smallest absolute Gasteiger partial charge is 0.545 e. The number of carboxylic acid groups (broad SMARTS) is 1. The number of hydrogen-bond acceptors (Lipinski definition) is 7. The van der Waals surface area contributed by atoms with Crippen LogP contribution in [0, 0.1) is 13.8 Å². The topological polar surface area (TPSA) is 118 Å². The zero-order chi connectivity index (χ0) is 36.7. The van der Waals surface area contributed by atoms with Crippen LogP contribution in [0.4, 0.5) is 11.4 Å². The summed E-state index contributed by atoms with van der Waals surface area (Å²) in [7, 11) is 0. The Balaban J connectivity index is 0.000000409. The molecule has 4 rings (SSSR count). The molecule has 0 radical (unpaired) electrons. The summed E-state index contributed by atoms with van der Waals surface area (Å²) in [6, 6.07) is 20.4. The summed E-state index contributed by atoms with van der Waals surface area (Å²) in [5.74, 6) is -1.69. The maximum Gasteiger partial charge on any atom is 1.00 e. The van der Waals surface area contributed by atoms with Crippen molar-refractivity contribution in [3.8, 4) is 11.5 Å². The van der Waals surface area contributed by atoms with E-state index >= 15 is 0 Å². The first-order valence-electron chi connectivity index (χ1n) is 17.0. The Morgan fingerprint density at radius 2 is 1.08 bits per heavy atom. The van der Waals surface area contributed by atoms with Gasteiger partial charge in [-0.3, -0.25) is 9.98 Å². The first-order chi connectivity index (χ1) is 22.9. The van der Waals surface area contributed by atoms with Gasteiger partial charge in [-0.2, -0.15) is 0 Å². The van der Waals surface area contributed by atoms with E-state index in [4.69, 9.17) is 15.0 Å². The molecule has 1 heterocycles. The molecular formula is C42H52CoN3O4. The Labute approximate surface area is 308 Å². The van der Waals surface area contributed by atoms with Crippen molar-refractivity contribution in [3.63, 3.8) is 0 Å². The molecule has 0 amide bonds. The fourth-order valence-electron chi connectivity index (χ4n) is 5.79. The Morgan fingerprint density at radius 1 is 0.660 bits per heavy atom. The molecule has 8 heteroatoms. The molecule has 0 fully saturated rings. The van der Waals surface area contributed by atoms with E-state index in [-0.39, 0.29) is 34.2 Å². The number of aryl methyl sites for hydroxylation is 2. The number of benzene rings is 3. The number of carbonyl (C=O) groups is 1. The van der Waals surface area contributed by atoms with Crippen LogP contribution in [0.2, 0.25) is 0 Å². The molecule has 50 heavy (non-hydrogen) atoms. The largest absolute Gasteiger partial charge is 1.00 e. The number of phenolic OH excluding ortho intramolecular Hbond substituents is 1. The number of phenols is 2. The maximum absolute atomic E-state index is 11.1. The molecule has 4 aromatic rings. The van der Waals surface area contributed by atoms with Crippen LogP contribution in [-0.2, 0) is 16.8 Å². The van der Waals surface area contributed by atoms with Gasteiger partial charge in [0.05, 0.1) is 40.2 Å². The molecule has 0 saturated heterocycles. The van der Waals surface area contributed by atoms with Gasteiger partial charge in [0, 0.05) is 5.56 Å². The zero-order valence-electron chi connectivity index (χ0n) is 31.5. The van der Waals surface area contributed by atoms with Gasteiger partial charge >= 0.3 is 16.8 Å². The van der Waals surface area contributed by atoms with Crippen molar-refractivity contribution < 1.29 is 36.9 Å². The van der Waals surface area contributed by atoms with Crippen LogP contribution in [0.5, 0.6) is 11.5 Å². The molecular weight excluding hydrogens is 669 g/mol. The predicted octanol–water partition coefficient (Wildman–Crippen LogP) is 9.93. The van der Waals surface area contributed by atoms with Crippen molar-refractivity contribution in [2.24, 2.45) is 9.98 Å². The summed E-state index contributed by atoms with van der Waals surface area (Å²) in [4.78, 5) is 25.9. The van der Waals surface area contributed by atoms with E-state index in [0.29, 0.717) is 17.4 Å². The van der Waals surface area contributed by atoms with E-state index < -0.39 is 17.5 Å². The monoisotopic (exact) mass is 721 g/mol. The number of aromatic nitrogens is 1. The van der Waals surface area contributed by atoms with E-state index in [9.17, 15) is 20.1 Å². The van der Waals surface area contributed by atoms with Gasteiger partial charge in [-0.1, -0.05) is 96.8 Å². The first kappa shape index (κ1) is 41.9. The molecule has 7 nitrogen and oxygen atoms in total. The first-order valence-corrected chi connectivity index (χ1v) is 17.0. The third kappa shape index (κ3) is 10.4. The molecule has 0 spiro atoms. The van der Waals surface area contributed by atoms with Gasteiger partial charge in [-0.15, -0.1) is 0 Å². The quantitative estimate of drug-likeness (QED) is 0.132. The van der Waals surface area contributed by atoms with E-state index in [2.05, 4.69) is 77.9 Å². The Kier molecular flexibility index (Phi) is 15.2. The molecule has 0 aliphatic heterocycles. The van der Waals surface area contributed by atoms with Crippen LogP contribution in [0.1, 0.15) is 148 Å². The van der Waals surface area contributed by atoms with E-state index in [1.54, 1.807) is 0 Å². The van der Waals surface area contributed by atoms with Gasteiger partial charge in [0.25, 0.3) is 0 Å². The molecule has 0 aliphatic rings. The van der Waals surface area contributed by atoms with Gasteiger partial charge in [0.2, 0.25) is 0 Å². The Morgan fingerprint density at radius 3 is 1.44 bits per heavy atom.